The second-order valence-electron chi connectivity index (χ2n) is 0. The zero-order valence-corrected chi connectivity index (χ0v) is 10.7. The Morgan fingerprint density at radius 1 is 1.20 bits per heavy atom. The van der Waals surface area contributed by atoms with Crippen molar-refractivity contribution in [1.29, 1.82) is 0 Å². The third-order valence-corrected chi connectivity index (χ3v) is 0. The van der Waals surface area contributed by atoms with Gasteiger partial charge in [-0.2, -0.15) is 0 Å². The van der Waals surface area contributed by atoms with Crippen LogP contribution in [0.15, 0.2) is 0 Å². The smallest absolute Gasteiger partial charge is 0 e. The Labute approximate surface area is 105 Å². The summed E-state index contributed by atoms with van der Waals surface area (Å²) in [6, 6.07) is 0. The Morgan fingerprint density at radius 2 is 1.20 bits per heavy atom. The first kappa shape index (κ1) is 24.6. The van der Waals surface area contributed by atoms with Crippen LogP contribution in [0.25, 0.3) is 0 Å². The Hall–Kier alpha value is 2.95. The summed E-state index contributed by atoms with van der Waals surface area (Å²) in [5.41, 5.74) is 0. The number of nitrogens with zero attached hydrogens (tertiary/aromatic N) is 1. The second-order valence-corrected chi connectivity index (χ2v) is 0. The van der Waals surface area contributed by atoms with Crippen LogP contribution in [0.4, 0.5) is 0 Å². The van der Waals surface area contributed by atoms with Crippen molar-refractivity contribution in [2.24, 2.45) is 0 Å². The predicted octanol–water partition coefficient (Wildman–Crippen LogP) is -0.985. The molecule has 0 aliphatic rings. The molecule has 0 fully saturated rings. The number of rotatable bonds is 0. The van der Waals surface area contributed by atoms with E-state index in [1.165, 1.54) is 0 Å². The summed E-state index contributed by atoms with van der Waals surface area (Å²) in [7, 11) is 0. The first-order chi connectivity index (χ1) is 1.00. The fourth-order valence-corrected chi connectivity index (χ4v) is 0. The normalized spacial score (nSPS) is 1.20. The van der Waals surface area contributed by atoms with E-state index in [-0.39, 0.29) is 87.7 Å². The SMILES string of the molecule is [Ba].[N].[O]=[Cu].[Y]. The first-order valence-electron chi connectivity index (χ1n) is 0.123. The Balaban J connectivity index is -0.00000000167. The summed E-state index contributed by atoms with van der Waals surface area (Å²) < 4.78 is 7.81. The average molecular weight is 320 g/mol. The molecule has 0 unspecified atom stereocenters. The van der Waals surface area contributed by atoms with E-state index in [0.29, 0.717) is 0 Å². The molecule has 0 aromatic carbocycles. The predicted molar refractivity (Wildman–Crippen MR) is 8.57 cm³/mol. The van der Waals surface area contributed by atoms with E-state index in [2.05, 4.69) is 15.9 Å². The maximum Gasteiger partial charge on any atom is 0 e. The van der Waals surface area contributed by atoms with E-state index in [0.717, 1.165) is 0 Å². The molecule has 0 spiro atoms. The molecule has 0 N–H and O–H groups in total. The zero-order chi connectivity index (χ0) is 2.00. The minimum absolute atomic E-state index is 0. The van der Waals surface area contributed by atoms with Gasteiger partial charge in [-0.15, -0.1) is 0 Å². The van der Waals surface area contributed by atoms with Crippen molar-refractivity contribution in [3.63, 3.8) is 0 Å². The number of hydrogen-bond donors (Lipinski definition) is 0. The topological polar surface area (TPSA) is 47.6 Å². The van der Waals surface area contributed by atoms with Crippen LogP contribution in [-0.2, 0) is 52.5 Å². The van der Waals surface area contributed by atoms with E-state index in [1.54, 1.807) is 0 Å². The second kappa shape index (κ2) is 28.2. The van der Waals surface area contributed by atoms with Crippen LogP contribution >= 0.6 is 0 Å². The molecule has 0 atom stereocenters. The summed E-state index contributed by atoms with van der Waals surface area (Å²) in [5.74, 6) is 0. The third kappa shape index (κ3) is 19.6. The molecule has 5 heavy (non-hydrogen) atoms. The molecule has 5 heteroatoms. The van der Waals surface area contributed by atoms with E-state index < -0.39 is 0 Å². The molecule has 0 heterocycles. The van der Waals surface area contributed by atoms with Gasteiger partial charge in [0, 0.05) is 87.7 Å². The van der Waals surface area contributed by atoms with Crippen molar-refractivity contribution in [3.8, 4) is 0 Å². The van der Waals surface area contributed by atoms with E-state index in [4.69, 9.17) is 3.83 Å². The molecule has 6 radical (unpaired) electrons. The molecule has 0 aromatic rings. The number of hydrogen-bond acceptors (Lipinski definition) is 1. The molecule has 0 amide bonds. The van der Waals surface area contributed by atoms with Gasteiger partial charge < -0.3 is 0 Å². The Morgan fingerprint density at radius 3 is 1.20 bits per heavy atom. The van der Waals surface area contributed by atoms with Gasteiger partial charge in [-0.05, 0) is 0 Å². The molecule has 0 aliphatic heterocycles. The summed E-state index contributed by atoms with van der Waals surface area (Å²) >= 11 is 2.94. The molecule has 0 bridgehead atoms. The van der Waals surface area contributed by atoms with Crippen molar-refractivity contribution in [2.45, 2.75) is 0 Å². The standard InChI is InChI=1S/Ba.Cu.N.O.Y. The largest absolute Gasteiger partial charge is 0 e. The van der Waals surface area contributed by atoms with Crippen molar-refractivity contribution >= 4 is 48.9 Å². The third-order valence-electron chi connectivity index (χ3n) is 0. The summed E-state index contributed by atoms with van der Waals surface area (Å²) in [6.45, 7) is 0. The minimum atomic E-state index is 0. The quantitative estimate of drug-likeness (QED) is 0.529. The molecule has 0 rings (SSSR count). The molecule has 0 aromatic heterocycles. The van der Waals surface area contributed by atoms with Crippen LogP contribution in [0.3, 0.4) is 0 Å². The summed E-state index contributed by atoms with van der Waals surface area (Å²) in [4.78, 5) is 0. The fourth-order valence-electron chi connectivity index (χ4n) is 0. The molecular weight excluding hydrogens is 320 g/mol. The van der Waals surface area contributed by atoms with Gasteiger partial charge in [-0.25, -0.2) is 0 Å². The van der Waals surface area contributed by atoms with Crippen LogP contribution in [0.5, 0.6) is 0 Å². The Kier molecular flexibility index (Phi) is 139. The average Bonchev–Trinajstić information content (AvgIpc) is 1.00. The van der Waals surface area contributed by atoms with Gasteiger partial charge in [0.2, 0.25) is 0 Å². The maximum absolute atomic E-state index is 7.81. The van der Waals surface area contributed by atoms with Gasteiger partial charge in [0.25, 0.3) is 0 Å². The fraction of sp³-hybridized carbons (Fsp3) is 0. The van der Waals surface area contributed by atoms with Gasteiger partial charge >= 0.3 is 19.8 Å². The van der Waals surface area contributed by atoms with Gasteiger partial charge in [0.05, 0.1) is 0 Å². The van der Waals surface area contributed by atoms with Gasteiger partial charge in [-0.1, -0.05) is 0 Å². The minimum Gasteiger partial charge on any atom is 0 e. The van der Waals surface area contributed by atoms with E-state index in [9.17, 15) is 0 Å². The monoisotopic (exact) mass is 320 g/mol. The van der Waals surface area contributed by atoms with Crippen LogP contribution in [0, 0.1) is 0 Å². The van der Waals surface area contributed by atoms with Crippen molar-refractivity contribution < 1.29 is 52.5 Å². The van der Waals surface area contributed by atoms with Gasteiger partial charge in [0.1, 0.15) is 0 Å². The summed E-state index contributed by atoms with van der Waals surface area (Å²) in [6.07, 6.45) is 0. The zero-order valence-electron chi connectivity index (χ0n) is 2.44. The van der Waals surface area contributed by atoms with Gasteiger partial charge in [-0.3, -0.25) is 0 Å². The van der Waals surface area contributed by atoms with Crippen LogP contribution < -0.4 is 6.15 Å². The van der Waals surface area contributed by atoms with Crippen molar-refractivity contribution in [1.82, 2.24) is 6.15 Å². The maximum atomic E-state index is 7.81. The molecule has 0 saturated heterocycles. The molecule has 27 valence electrons. The van der Waals surface area contributed by atoms with Gasteiger partial charge in [0.15, 0.2) is 0 Å². The van der Waals surface area contributed by atoms with Crippen LogP contribution in [0.1, 0.15) is 0 Å². The van der Waals surface area contributed by atoms with Crippen LogP contribution in [0.2, 0.25) is 0 Å². The van der Waals surface area contributed by atoms with Crippen LogP contribution in [-0.4, -0.2) is 48.9 Å². The van der Waals surface area contributed by atoms with Crippen molar-refractivity contribution in [3.05, 3.63) is 0 Å². The molecule has 2 nitrogen and oxygen atoms in total. The Bertz CT molecular complexity index is 11.6. The molecule has 0 aliphatic carbocycles. The van der Waals surface area contributed by atoms with Crippen molar-refractivity contribution in [2.75, 3.05) is 0 Å². The molecule has 0 saturated carbocycles. The van der Waals surface area contributed by atoms with E-state index in [1.807, 2.05) is 0 Å². The summed E-state index contributed by atoms with van der Waals surface area (Å²) in [5, 5.41) is 0. The van der Waals surface area contributed by atoms with E-state index >= 15 is 0 Å². The first-order valence-corrected chi connectivity index (χ1v) is 0.508. The molecular formula is BaCuNOY.